The van der Waals surface area contributed by atoms with Crippen molar-refractivity contribution in [3.63, 3.8) is 0 Å². The quantitative estimate of drug-likeness (QED) is 0.777. The highest BCUT2D eigenvalue weighted by Gasteiger charge is 2.21. The van der Waals surface area contributed by atoms with Gasteiger partial charge in [0.1, 0.15) is 0 Å². The summed E-state index contributed by atoms with van der Waals surface area (Å²) in [5, 5.41) is 3.59. The summed E-state index contributed by atoms with van der Waals surface area (Å²) >= 11 is 0. The zero-order valence-corrected chi connectivity index (χ0v) is 9.59. The molecule has 0 aromatic heterocycles. The normalized spacial score (nSPS) is 25.5. The van der Waals surface area contributed by atoms with Crippen LogP contribution in [0.4, 0.5) is 5.69 Å². The lowest BCUT2D eigenvalue weighted by Gasteiger charge is -2.16. The highest BCUT2D eigenvalue weighted by Crippen LogP contribution is 2.24. The Hall–Kier alpha value is -1.02. The van der Waals surface area contributed by atoms with Gasteiger partial charge in [-0.05, 0) is 44.7 Å². The summed E-state index contributed by atoms with van der Waals surface area (Å²) in [5.41, 5.74) is 9.81. The van der Waals surface area contributed by atoms with E-state index in [1.807, 2.05) is 0 Å². The average Bonchev–Trinajstić information content (AvgIpc) is 2.56. The van der Waals surface area contributed by atoms with Crippen molar-refractivity contribution in [3.8, 4) is 0 Å². The lowest BCUT2D eigenvalue weighted by atomic mass is 10.1. The van der Waals surface area contributed by atoms with E-state index in [1.165, 1.54) is 23.2 Å². The van der Waals surface area contributed by atoms with Crippen LogP contribution in [0, 0.1) is 13.8 Å². The molecule has 1 aromatic rings. The van der Waals surface area contributed by atoms with Crippen molar-refractivity contribution in [2.24, 2.45) is 5.73 Å². The number of rotatable bonds is 2. The van der Waals surface area contributed by atoms with Gasteiger partial charge in [0.15, 0.2) is 0 Å². The SMILES string of the molecule is Cc1ccc(NC2CCC(N)C2)c(C)c1. The van der Waals surface area contributed by atoms with Crippen molar-refractivity contribution in [1.29, 1.82) is 0 Å². The van der Waals surface area contributed by atoms with Crippen molar-refractivity contribution < 1.29 is 0 Å². The van der Waals surface area contributed by atoms with Gasteiger partial charge in [-0.15, -0.1) is 0 Å². The third-order valence-electron chi connectivity index (χ3n) is 3.21. The molecule has 0 heterocycles. The Labute approximate surface area is 91.9 Å². The molecule has 82 valence electrons. The maximum absolute atomic E-state index is 5.90. The van der Waals surface area contributed by atoms with E-state index < -0.39 is 0 Å². The van der Waals surface area contributed by atoms with Crippen LogP contribution in [0.5, 0.6) is 0 Å². The number of anilines is 1. The van der Waals surface area contributed by atoms with E-state index in [4.69, 9.17) is 5.73 Å². The van der Waals surface area contributed by atoms with Crippen LogP contribution < -0.4 is 11.1 Å². The van der Waals surface area contributed by atoms with Gasteiger partial charge in [0.2, 0.25) is 0 Å². The van der Waals surface area contributed by atoms with E-state index in [2.05, 4.69) is 37.4 Å². The third kappa shape index (κ3) is 2.51. The van der Waals surface area contributed by atoms with Crippen LogP contribution in [-0.2, 0) is 0 Å². The molecule has 1 aliphatic carbocycles. The second-order valence-corrected chi connectivity index (χ2v) is 4.73. The van der Waals surface area contributed by atoms with Crippen LogP contribution in [0.3, 0.4) is 0 Å². The number of nitrogens with two attached hydrogens (primary N) is 1. The summed E-state index contributed by atoms with van der Waals surface area (Å²) in [6.45, 7) is 4.28. The molecule has 2 rings (SSSR count). The summed E-state index contributed by atoms with van der Waals surface area (Å²) in [6.07, 6.45) is 3.46. The monoisotopic (exact) mass is 204 g/mol. The van der Waals surface area contributed by atoms with Crippen LogP contribution >= 0.6 is 0 Å². The molecule has 0 saturated heterocycles. The largest absolute Gasteiger partial charge is 0.382 e. The van der Waals surface area contributed by atoms with Crippen molar-refractivity contribution in [3.05, 3.63) is 29.3 Å². The Morgan fingerprint density at radius 1 is 1.27 bits per heavy atom. The molecule has 0 spiro atoms. The molecule has 2 unspecified atom stereocenters. The summed E-state index contributed by atoms with van der Waals surface area (Å²) in [7, 11) is 0. The van der Waals surface area contributed by atoms with Gasteiger partial charge in [0.25, 0.3) is 0 Å². The second-order valence-electron chi connectivity index (χ2n) is 4.73. The highest BCUT2D eigenvalue weighted by molar-refractivity contribution is 5.52. The van der Waals surface area contributed by atoms with Gasteiger partial charge in [-0.2, -0.15) is 0 Å². The Morgan fingerprint density at radius 2 is 2.07 bits per heavy atom. The predicted octanol–water partition coefficient (Wildman–Crippen LogP) is 2.60. The van der Waals surface area contributed by atoms with Crippen molar-refractivity contribution >= 4 is 5.69 Å². The fourth-order valence-electron chi connectivity index (χ4n) is 2.34. The van der Waals surface area contributed by atoms with Gasteiger partial charge in [-0.3, -0.25) is 0 Å². The maximum Gasteiger partial charge on any atom is 0.0372 e. The van der Waals surface area contributed by atoms with E-state index in [9.17, 15) is 0 Å². The molecule has 2 atom stereocenters. The summed E-state index contributed by atoms with van der Waals surface area (Å²) in [4.78, 5) is 0. The molecule has 2 heteroatoms. The standard InChI is InChI=1S/C13H20N2/c1-9-3-6-13(10(2)7-9)15-12-5-4-11(14)8-12/h3,6-7,11-12,15H,4-5,8,14H2,1-2H3. The predicted molar refractivity (Wildman–Crippen MR) is 65.2 cm³/mol. The van der Waals surface area contributed by atoms with Crippen molar-refractivity contribution in [2.75, 3.05) is 5.32 Å². The molecular formula is C13H20N2. The zero-order valence-electron chi connectivity index (χ0n) is 9.59. The number of nitrogens with one attached hydrogen (secondary N) is 1. The molecule has 1 fully saturated rings. The zero-order chi connectivity index (χ0) is 10.8. The Morgan fingerprint density at radius 3 is 2.67 bits per heavy atom. The lowest BCUT2D eigenvalue weighted by molar-refractivity contribution is 0.687. The van der Waals surface area contributed by atoms with E-state index in [-0.39, 0.29) is 0 Å². The molecule has 15 heavy (non-hydrogen) atoms. The van der Waals surface area contributed by atoms with Crippen molar-refractivity contribution in [2.45, 2.75) is 45.2 Å². The van der Waals surface area contributed by atoms with Crippen molar-refractivity contribution in [1.82, 2.24) is 0 Å². The first-order chi connectivity index (χ1) is 7.15. The lowest BCUT2D eigenvalue weighted by Crippen LogP contribution is -2.21. The third-order valence-corrected chi connectivity index (χ3v) is 3.21. The Bertz CT molecular complexity index is 346. The first-order valence-corrected chi connectivity index (χ1v) is 5.74. The van der Waals surface area contributed by atoms with Gasteiger partial charge in [0.05, 0.1) is 0 Å². The highest BCUT2D eigenvalue weighted by atomic mass is 14.9. The Kier molecular flexibility index (Phi) is 2.96. The molecule has 1 aromatic carbocycles. The molecule has 3 N–H and O–H groups in total. The smallest absolute Gasteiger partial charge is 0.0372 e. The van der Waals surface area contributed by atoms with Crippen LogP contribution in [0.15, 0.2) is 18.2 Å². The molecule has 0 radical (unpaired) electrons. The summed E-state index contributed by atoms with van der Waals surface area (Å²) < 4.78 is 0. The van der Waals surface area contributed by atoms with Crippen LogP contribution in [0.2, 0.25) is 0 Å². The fourth-order valence-corrected chi connectivity index (χ4v) is 2.34. The van der Waals surface area contributed by atoms with Gasteiger partial charge < -0.3 is 11.1 Å². The first kappa shape index (κ1) is 10.5. The van der Waals surface area contributed by atoms with Crippen LogP contribution in [0.25, 0.3) is 0 Å². The first-order valence-electron chi connectivity index (χ1n) is 5.74. The minimum atomic E-state index is 0.397. The van der Waals surface area contributed by atoms with E-state index in [0.29, 0.717) is 12.1 Å². The van der Waals surface area contributed by atoms with Gasteiger partial charge in [-0.1, -0.05) is 17.7 Å². The number of aryl methyl sites for hydroxylation is 2. The maximum atomic E-state index is 5.90. The van der Waals surface area contributed by atoms with Gasteiger partial charge >= 0.3 is 0 Å². The minimum absolute atomic E-state index is 0.397. The summed E-state index contributed by atoms with van der Waals surface area (Å²) in [6, 6.07) is 7.52. The van der Waals surface area contributed by atoms with Crippen LogP contribution in [-0.4, -0.2) is 12.1 Å². The van der Waals surface area contributed by atoms with E-state index in [1.54, 1.807) is 0 Å². The molecular weight excluding hydrogens is 184 g/mol. The molecule has 0 bridgehead atoms. The minimum Gasteiger partial charge on any atom is -0.382 e. The second kappa shape index (κ2) is 4.23. The Balaban J connectivity index is 2.04. The number of benzene rings is 1. The van der Waals surface area contributed by atoms with E-state index >= 15 is 0 Å². The van der Waals surface area contributed by atoms with Crippen LogP contribution in [0.1, 0.15) is 30.4 Å². The molecule has 2 nitrogen and oxygen atoms in total. The van der Waals surface area contributed by atoms with Gasteiger partial charge in [-0.25, -0.2) is 0 Å². The summed E-state index contributed by atoms with van der Waals surface area (Å²) in [5.74, 6) is 0. The molecule has 1 saturated carbocycles. The number of hydrogen-bond donors (Lipinski definition) is 2. The number of hydrogen-bond acceptors (Lipinski definition) is 2. The molecule has 0 amide bonds. The van der Waals surface area contributed by atoms with E-state index in [0.717, 1.165) is 12.8 Å². The topological polar surface area (TPSA) is 38.0 Å². The van der Waals surface area contributed by atoms with Gasteiger partial charge in [0, 0.05) is 17.8 Å². The fraction of sp³-hybridized carbons (Fsp3) is 0.538. The average molecular weight is 204 g/mol. The molecule has 1 aliphatic rings. The molecule has 0 aliphatic heterocycles.